The van der Waals surface area contributed by atoms with E-state index in [1.165, 1.54) is 11.8 Å². The zero-order chi connectivity index (χ0) is 14.3. The van der Waals surface area contributed by atoms with E-state index in [9.17, 15) is 4.79 Å². The van der Waals surface area contributed by atoms with Crippen molar-refractivity contribution in [1.29, 1.82) is 0 Å². The van der Waals surface area contributed by atoms with Gasteiger partial charge in [-0.2, -0.15) is 0 Å². The summed E-state index contributed by atoms with van der Waals surface area (Å²) < 4.78 is 5.12. The van der Waals surface area contributed by atoms with Crippen molar-refractivity contribution in [2.45, 2.75) is 19.3 Å². The summed E-state index contributed by atoms with van der Waals surface area (Å²) in [6.45, 7) is 2.99. The molecule has 1 unspecified atom stereocenters. The number of hydrogen-bond acceptors (Lipinski definition) is 4. The van der Waals surface area contributed by atoms with Gasteiger partial charge < -0.3 is 9.64 Å². The van der Waals surface area contributed by atoms with Crippen LogP contribution in [-0.4, -0.2) is 43.5 Å². The summed E-state index contributed by atoms with van der Waals surface area (Å²) in [4.78, 5) is 14.2. The highest BCUT2D eigenvalue weighted by molar-refractivity contribution is 8.13. The topological polar surface area (TPSA) is 29.5 Å². The predicted molar refractivity (Wildman–Crippen MR) is 82.0 cm³/mol. The SMILES string of the molecule is COc1ccc(C(C)C(=O)SCCCN(C)C)cc1. The van der Waals surface area contributed by atoms with E-state index in [0.29, 0.717) is 0 Å². The molecule has 0 aliphatic heterocycles. The summed E-state index contributed by atoms with van der Waals surface area (Å²) in [7, 11) is 5.74. The summed E-state index contributed by atoms with van der Waals surface area (Å²) in [5, 5.41) is 0.240. The van der Waals surface area contributed by atoms with Crippen LogP contribution in [0.3, 0.4) is 0 Å². The Kier molecular flexibility index (Phi) is 6.95. The van der Waals surface area contributed by atoms with Crippen LogP contribution in [0.1, 0.15) is 24.8 Å². The molecule has 0 saturated carbocycles. The third kappa shape index (κ3) is 5.66. The molecular weight excluding hydrogens is 258 g/mol. The van der Waals surface area contributed by atoms with Gasteiger partial charge in [-0.1, -0.05) is 30.8 Å². The molecule has 1 aromatic rings. The molecule has 0 fully saturated rings. The number of nitrogens with zero attached hydrogens (tertiary/aromatic N) is 1. The van der Waals surface area contributed by atoms with Crippen molar-refractivity contribution < 1.29 is 9.53 Å². The number of hydrogen-bond donors (Lipinski definition) is 0. The maximum Gasteiger partial charge on any atom is 0.196 e. The van der Waals surface area contributed by atoms with Gasteiger partial charge in [-0.25, -0.2) is 0 Å². The van der Waals surface area contributed by atoms with Crippen molar-refractivity contribution in [3.63, 3.8) is 0 Å². The first-order chi connectivity index (χ1) is 9.04. The fraction of sp³-hybridized carbons (Fsp3) is 0.533. The van der Waals surface area contributed by atoms with E-state index in [2.05, 4.69) is 4.90 Å². The highest BCUT2D eigenvalue weighted by Crippen LogP contribution is 2.24. The lowest BCUT2D eigenvalue weighted by Gasteiger charge is -2.12. The van der Waals surface area contributed by atoms with E-state index in [0.717, 1.165) is 30.0 Å². The summed E-state index contributed by atoms with van der Waals surface area (Å²) in [6, 6.07) is 7.72. The normalized spacial score (nSPS) is 12.5. The standard InChI is InChI=1S/C15H23NO2S/c1-12(13-6-8-14(18-4)9-7-13)15(17)19-11-5-10-16(2)3/h6-9,12H,5,10-11H2,1-4H3. The predicted octanol–water partition coefficient (Wildman–Crippen LogP) is 3.01. The molecule has 3 nitrogen and oxygen atoms in total. The highest BCUT2D eigenvalue weighted by atomic mass is 32.2. The Balaban J connectivity index is 2.42. The largest absolute Gasteiger partial charge is 0.497 e. The van der Waals surface area contributed by atoms with Gasteiger partial charge in [0, 0.05) is 5.75 Å². The highest BCUT2D eigenvalue weighted by Gasteiger charge is 2.15. The van der Waals surface area contributed by atoms with Gasteiger partial charge in [0.05, 0.1) is 13.0 Å². The average molecular weight is 281 g/mol. The number of carbonyl (C=O) groups is 1. The maximum atomic E-state index is 12.1. The second kappa shape index (κ2) is 8.23. The number of carbonyl (C=O) groups excluding carboxylic acids is 1. The molecule has 0 aromatic heterocycles. The molecule has 0 aliphatic rings. The van der Waals surface area contributed by atoms with Crippen LogP contribution >= 0.6 is 11.8 Å². The van der Waals surface area contributed by atoms with E-state index in [-0.39, 0.29) is 11.0 Å². The Morgan fingerprint density at radius 2 is 1.95 bits per heavy atom. The molecule has 0 amide bonds. The summed E-state index contributed by atoms with van der Waals surface area (Å²) >= 11 is 1.43. The van der Waals surface area contributed by atoms with Gasteiger partial charge in [0.25, 0.3) is 0 Å². The van der Waals surface area contributed by atoms with Gasteiger partial charge in [0.15, 0.2) is 5.12 Å². The van der Waals surface area contributed by atoms with E-state index in [4.69, 9.17) is 4.74 Å². The first-order valence-electron chi connectivity index (χ1n) is 6.50. The van der Waals surface area contributed by atoms with Crippen LogP contribution in [0, 0.1) is 0 Å². The van der Waals surface area contributed by atoms with Crippen LogP contribution in [0.25, 0.3) is 0 Å². The minimum atomic E-state index is -0.0599. The molecule has 19 heavy (non-hydrogen) atoms. The molecule has 1 aromatic carbocycles. The third-order valence-corrected chi connectivity index (χ3v) is 4.09. The summed E-state index contributed by atoms with van der Waals surface area (Å²) in [5.41, 5.74) is 1.05. The molecular formula is C15H23NO2S. The van der Waals surface area contributed by atoms with Gasteiger partial charge in [-0.15, -0.1) is 0 Å². The van der Waals surface area contributed by atoms with E-state index in [1.807, 2.05) is 45.3 Å². The molecule has 0 radical (unpaired) electrons. The fourth-order valence-corrected chi connectivity index (χ4v) is 2.57. The average Bonchev–Trinajstić information content (AvgIpc) is 2.42. The van der Waals surface area contributed by atoms with Crippen LogP contribution < -0.4 is 4.74 Å². The fourth-order valence-electron chi connectivity index (χ4n) is 1.71. The van der Waals surface area contributed by atoms with Gasteiger partial charge in [-0.05, 0) is 44.8 Å². The molecule has 0 saturated heterocycles. The zero-order valence-corrected chi connectivity index (χ0v) is 13.0. The van der Waals surface area contributed by atoms with Crippen LogP contribution in [0.4, 0.5) is 0 Å². The molecule has 0 N–H and O–H groups in total. The Labute approximate surface area is 120 Å². The minimum absolute atomic E-state index is 0.0599. The second-order valence-electron chi connectivity index (χ2n) is 4.82. The van der Waals surface area contributed by atoms with Crippen molar-refractivity contribution in [1.82, 2.24) is 4.90 Å². The monoisotopic (exact) mass is 281 g/mol. The molecule has 0 spiro atoms. The quantitative estimate of drug-likeness (QED) is 0.719. The lowest BCUT2D eigenvalue weighted by Crippen LogP contribution is -2.14. The van der Waals surface area contributed by atoms with Gasteiger partial charge in [0.2, 0.25) is 0 Å². The zero-order valence-electron chi connectivity index (χ0n) is 12.2. The molecule has 4 heteroatoms. The van der Waals surface area contributed by atoms with Crippen LogP contribution in [0.15, 0.2) is 24.3 Å². The van der Waals surface area contributed by atoms with Crippen molar-refractivity contribution in [2.75, 3.05) is 33.5 Å². The van der Waals surface area contributed by atoms with Crippen molar-refractivity contribution in [2.24, 2.45) is 0 Å². The number of ether oxygens (including phenoxy) is 1. The molecule has 0 aliphatic carbocycles. The van der Waals surface area contributed by atoms with E-state index < -0.39 is 0 Å². The Morgan fingerprint density at radius 1 is 1.32 bits per heavy atom. The van der Waals surface area contributed by atoms with E-state index >= 15 is 0 Å². The first kappa shape index (κ1) is 16.1. The Bertz CT molecular complexity index is 390. The lowest BCUT2D eigenvalue weighted by molar-refractivity contribution is -0.111. The third-order valence-electron chi connectivity index (χ3n) is 2.96. The molecule has 106 valence electrons. The van der Waals surface area contributed by atoms with Gasteiger partial charge in [-0.3, -0.25) is 4.79 Å². The second-order valence-corrected chi connectivity index (χ2v) is 5.92. The smallest absolute Gasteiger partial charge is 0.196 e. The van der Waals surface area contributed by atoms with Crippen LogP contribution in [-0.2, 0) is 4.79 Å². The molecule has 1 atom stereocenters. The summed E-state index contributed by atoms with van der Waals surface area (Å²) in [5.74, 6) is 1.65. The Hall–Kier alpha value is -1.00. The summed E-state index contributed by atoms with van der Waals surface area (Å²) in [6.07, 6.45) is 1.04. The first-order valence-corrected chi connectivity index (χ1v) is 7.48. The number of thioether (sulfide) groups is 1. The van der Waals surface area contributed by atoms with Crippen molar-refractivity contribution in [3.8, 4) is 5.75 Å². The minimum Gasteiger partial charge on any atom is -0.497 e. The van der Waals surface area contributed by atoms with E-state index in [1.54, 1.807) is 7.11 Å². The van der Waals surface area contributed by atoms with Crippen molar-refractivity contribution >= 4 is 16.9 Å². The van der Waals surface area contributed by atoms with Crippen molar-refractivity contribution in [3.05, 3.63) is 29.8 Å². The number of methoxy groups -OCH3 is 1. The molecule has 0 heterocycles. The number of benzene rings is 1. The van der Waals surface area contributed by atoms with Crippen LogP contribution in [0.5, 0.6) is 5.75 Å². The van der Waals surface area contributed by atoms with Gasteiger partial charge in [0.1, 0.15) is 5.75 Å². The molecule has 0 bridgehead atoms. The molecule has 1 rings (SSSR count). The lowest BCUT2D eigenvalue weighted by atomic mass is 10.0. The number of rotatable bonds is 7. The Morgan fingerprint density at radius 3 is 2.47 bits per heavy atom. The maximum absolute atomic E-state index is 12.1. The van der Waals surface area contributed by atoms with Gasteiger partial charge >= 0.3 is 0 Å². The van der Waals surface area contributed by atoms with Crippen LogP contribution in [0.2, 0.25) is 0 Å².